The maximum atomic E-state index is 12.4. The van der Waals surface area contributed by atoms with E-state index >= 15 is 0 Å². The molecule has 0 aliphatic rings. The van der Waals surface area contributed by atoms with Crippen LogP contribution in [0.5, 0.6) is 0 Å². The molecule has 1 aromatic carbocycles. The summed E-state index contributed by atoms with van der Waals surface area (Å²) in [5.41, 5.74) is 5.98. The maximum Gasteiger partial charge on any atom is 0.416 e. The second-order valence-corrected chi connectivity index (χ2v) is 4.05. The Balaban J connectivity index is 2.84. The first-order valence-electron chi connectivity index (χ1n) is 5.94. The van der Waals surface area contributed by atoms with Gasteiger partial charge in [0.25, 0.3) is 0 Å². The molecule has 102 valence electrons. The van der Waals surface area contributed by atoms with Crippen LogP contribution in [0.4, 0.5) is 13.2 Å². The summed E-state index contributed by atoms with van der Waals surface area (Å²) in [6.07, 6.45) is -3.77. The molecule has 5 heteroatoms. The van der Waals surface area contributed by atoms with Gasteiger partial charge in [0.15, 0.2) is 0 Å². The first kappa shape index (κ1) is 15.0. The first-order chi connectivity index (χ1) is 8.40. The van der Waals surface area contributed by atoms with E-state index < -0.39 is 17.8 Å². The van der Waals surface area contributed by atoms with Gasteiger partial charge in [0.05, 0.1) is 17.7 Å². The molecular weight excluding hydrogens is 243 g/mol. The number of benzene rings is 1. The van der Waals surface area contributed by atoms with E-state index in [2.05, 4.69) is 0 Å². The minimum Gasteiger partial charge on any atom is -0.377 e. The molecule has 0 amide bonds. The van der Waals surface area contributed by atoms with Gasteiger partial charge in [-0.1, -0.05) is 19.1 Å². The van der Waals surface area contributed by atoms with Crippen LogP contribution in [0.25, 0.3) is 0 Å². The fourth-order valence-corrected chi connectivity index (χ4v) is 1.80. The quantitative estimate of drug-likeness (QED) is 0.880. The lowest BCUT2D eigenvalue weighted by Gasteiger charge is -2.23. The molecule has 0 aliphatic carbocycles. The fourth-order valence-electron chi connectivity index (χ4n) is 1.80. The molecule has 1 rings (SSSR count). The summed E-state index contributed by atoms with van der Waals surface area (Å²) in [5.74, 6) is 0. The number of hydrogen-bond acceptors (Lipinski definition) is 2. The Morgan fingerprint density at radius 1 is 1.17 bits per heavy atom. The molecular formula is C13H18F3NO. The minimum absolute atomic E-state index is 0.174. The highest BCUT2D eigenvalue weighted by Gasteiger charge is 2.30. The van der Waals surface area contributed by atoms with Crippen LogP contribution in [-0.4, -0.2) is 12.7 Å². The van der Waals surface area contributed by atoms with Crippen molar-refractivity contribution in [3.63, 3.8) is 0 Å². The average molecular weight is 261 g/mol. The third-order valence-electron chi connectivity index (χ3n) is 2.81. The number of ether oxygens (including phenoxy) is 1. The van der Waals surface area contributed by atoms with Crippen LogP contribution in [0, 0.1) is 0 Å². The molecule has 0 radical (unpaired) electrons. The summed E-state index contributed by atoms with van der Waals surface area (Å²) in [6, 6.07) is 4.52. The Morgan fingerprint density at radius 3 is 2.11 bits per heavy atom. The van der Waals surface area contributed by atoms with Crippen LogP contribution in [-0.2, 0) is 10.9 Å². The molecule has 0 saturated heterocycles. The van der Waals surface area contributed by atoms with Gasteiger partial charge in [-0.2, -0.15) is 13.2 Å². The van der Waals surface area contributed by atoms with Crippen molar-refractivity contribution >= 4 is 0 Å². The Hall–Kier alpha value is -1.07. The van der Waals surface area contributed by atoms with E-state index in [1.807, 2.05) is 13.8 Å². The van der Waals surface area contributed by atoms with E-state index in [1.54, 1.807) is 0 Å². The molecule has 18 heavy (non-hydrogen) atoms. The van der Waals surface area contributed by atoms with Crippen molar-refractivity contribution in [2.45, 2.75) is 38.6 Å². The summed E-state index contributed by atoms with van der Waals surface area (Å²) >= 11 is 0. The van der Waals surface area contributed by atoms with Gasteiger partial charge in [-0.3, -0.25) is 0 Å². The minimum atomic E-state index is -4.31. The molecule has 0 aliphatic heterocycles. The highest BCUT2D eigenvalue weighted by molar-refractivity contribution is 5.27. The van der Waals surface area contributed by atoms with Crippen molar-refractivity contribution in [1.29, 1.82) is 0 Å². The molecule has 2 N–H and O–H groups in total. The van der Waals surface area contributed by atoms with Gasteiger partial charge in [0.2, 0.25) is 0 Å². The monoisotopic (exact) mass is 261 g/mol. The predicted molar refractivity (Wildman–Crippen MR) is 64.1 cm³/mol. The summed E-state index contributed by atoms with van der Waals surface area (Å²) in [6.45, 7) is 4.33. The van der Waals surface area contributed by atoms with Crippen molar-refractivity contribution in [2.24, 2.45) is 5.73 Å². The van der Waals surface area contributed by atoms with E-state index in [1.165, 1.54) is 12.1 Å². The molecule has 2 atom stereocenters. The lowest BCUT2D eigenvalue weighted by atomic mass is 9.99. The number of hydrogen-bond donors (Lipinski definition) is 1. The highest BCUT2D eigenvalue weighted by atomic mass is 19.4. The molecule has 0 saturated carbocycles. The molecule has 0 fully saturated rings. The van der Waals surface area contributed by atoms with Crippen molar-refractivity contribution in [2.75, 3.05) is 6.61 Å². The summed E-state index contributed by atoms with van der Waals surface area (Å²) < 4.78 is 42.7. The third-order valence-corrected chi connectivity index (χ3v) is 2.81. The Morgan fingerprint density at radius 2 is 1.72 bits per heavy atom. The molecule has 2 nitrogen and oxygen atoms in total. The van der Waals surface area contributed by atoms with E-state index in [9.17, 15) is 13.2 Å². The number of alkyl halides is 3. The van der Waals surface area contributed by atoms with Crippen LogP contribution in [0.3, 0.4) is 0 Å². The van der Waals surface area contributed by atoms with Crippen LogP contribution < -0.4 is 5.73 Å². The van der Waals surface area contributed by atoms with Crippen molar-refractivity contribution in [3.8, 4) is 0 Å². The van der Waals surface area contributed by atoms with E-state index in [4.69, 9.17) is 10.5 Å². The van der Waals surface area contributed by atoms with E-state index in [-0.39, 0.29) is 6.10 Å². The van der Waals surface area contributed by atoms with Gasteiger partial charge in [0.1, 0.15) is 0 Å². The number of halogens is 3. The summed E-state index contributed by atoms with van der Waals surface area (Å²) in [5, 5.41) is 0. The van der Waals surface area contributed by atoms with Crippen LogP contribution in [0.15, 0.2) is 24.3 Å². The molecule has 1 aromatic rings. The lowest BCUT2D eigenvalue weighted by molar-refractivity contribution is -0.137. The zero-order valence-corrected chi connectivity index (χ0v) is 10.5. The van der Waals surface area contributed by atoms with Gasteiger partial charge in [-0.25, -0.2) is 0 Å². The molecule has 0 spiro atoms. The molecule has 0 bridgehead atoms. The molecule has 2 unspecified atom stereocenters. The average Bonchev–Trinajstić information content (AvgIpc) is 2.34. The Bertz CT molecular complexity index is 361. The van der Waals surface area contributed by atoms with Crippen LogP contribution >= 0.6 is 0 Å². The zero-order chi connectivity index (χ0) is 13.8. The summed E-state index contributed by atoms with van der Waals surface area (Å²) in [4.78, 5) is 0. The smallest absolute Gasteiger partial charge is 0.377 e. The SMILES string of the molecule is CCOC(CC)C(N)c1ccc(C(F)(F)F)cc1. The predicted octanol–water partition coefficient (Wildman–Crippen LogP) is 3.52. The van der Waals surface area contributed by atoms with Gasteiger partial charge in [0, 0.05) is 6.61 Å². The maximum absolute atomic E-state index is 12.4. The summed E-state index contributed by atoms with van der Waals surface area (Å²) in [7, 11) is 0. The Kier molecular flexibility index (Phi) is 5.16. The van der Waals surface area contributed by atoms with Crippen LogP contribution in [0.1, 0.15) is 37.4 Å². The van der Waals surface area contributed by atoms with E-state index in [0.717, 1.165) is 18.6 Å². The topological polar surface area (TPSA) is 35.2 Å². The van der Waals surface area contributed by atoms with Gasteiger partial charge in [-0.15, -0.1) is 0 Å². The first-order valence-corrected chi connectivity index (χ1v) is 5.94. The van der Waals surface area contributed by atoms with Gasteiger partial charge >= 0.3 is 6.18 Å². The number of nitrogens with two attached hydrogens (primary N) is 1. The molecule has 0 heterocycles. The van der Waals surface area contributed by atoms with Crippen molar-refractivity contribution < 1.29 is 17.9 Å². The van der Waals surface area contributed by atoms with Crippen molar-refractivity contribution in [3.05, 3.63) is 35.4 Å². The van der Waals surface area contributed by atoms with Crippen molar-refractivity contribution in [1.82, 2.24) is 0 Å². The standard InChI is InChI=1S/C13H18F3NO/c1-3-11(18-4-2)12(17)9-5-7-10(8-6-9)13(14,15)16/h5-8,11-12H,3-4,17H2,1-2H3. The second-order valence-electron chi connectivity index (χ2n) is 4.05. The third kappa shape index (κ3) is 3.71. The Labute approximate surface area is 105 Å². The van der Waals surface area contributed by atoms with E-state index in [0.29, 0.717) is 12.2 Å². The fraction of sp³-hybridized carbons (Fsp3) is 0.538. The lowest BCUT2D eigenvalue weighted by Crippen LogP contribution is -2.28. The largest absolute Gasteiger partial charge is 0.416 e. The number of rotatable bonds is 5. The normalized spacial score (nSPS) is 15.4. The highest BCUT2D eigenvalue weighted by Crippen LogP contribution is 2.30. The van der Waals surface area contributed by atoms with Gasteiger partial charge in [-0.05, 0) is 31.0 Å². The van der Waals surface area contributed by atoms with Gasteiger partial charge < -0.3 is 10.5 Å². The molecule has 0 aromatic heterocycles. The zero-order valence-electron chi connectivity index (χ0n) is 10.5. The second kappa shape index (κ2) is 6.20. The van der Waals surface area contributed by atoms with Crippen LogP contribution in [0.2, 0.25) is 0 Å².